The second kappa shape index (κ2) is 13.3. The van der Waals surface area contributed by atoms with Crippen LogP contribution in [0.15, 0.2) is 77.7 Å². The zero-order valence-electron chi connectivity index (χ0n) is 22.4. The van der Waals surface area contributed by atoms with Gasteiger partial charge in [-0.1, -0.05) is 72.6 Å². The summed E-state index contributed by atoms with van der Waals surface area (Å²) in [5.74, 6) is -0.879. The van der Waals surface area contributed by atoms with Gasteiger partial charge in [0.15, 0.2) is 0 Å². The fraction of sp³-hybridized carbons (Fsp3) is 0.310. The molecule has 0 aliphatic rings. The number of nitrogens with one attached hydrogen (secondary N) is 1. The van der Waals surface area contributed by atoms with E-state index in [4.69, 9.17) is 23.2 Å². The molecular weight excluding hydrogens is 557 g/mol. The summed E-state index contributed by atoms with van der Waals surface area (Å²) in [5, 5.41) is 3.36. The van der Waals surface area contributed by atoms with Crippen molar-refractivity contribution in [2.45, 2.75) is 57.6 Å². The molecule has 3 aromatic rings. The summed E-state index contributed by atoms with van der Waals surface area (Å²) in [6.07, 6.45) is 0.725. The molecule has 0 unspecified atom stereocenters. The van der Waals surface area contributed by atoms with Crippen molar-refractivity contribution < 1.29 is 18.0 Å². The van der Waals surface area contributed by atoms with Gasteiger partial charge >= 0.3 is 0 Å². The SMILES string of the molecule is CC[C@H](C)NC(=O)[C@H](C)N(Cc1ccccc1C)C(=O)CN(c1cc(Cl)cc(Cl)c1)S(=O)(=O)c1ccccc1. The van der Waals surface area contributed by atoms with Gasteiger partial charge in [0.05, 0.1) is 10.6 Å². The van der Waals surface area contributed by atoms with Crippen molar-refractivity contribution in [1.29, 1.82) is 0 Å². The molecule has 0 saturated heterocycles. The van der Waals surface area contributed by atoms with Crippen LogP contribution in [0.4, 0.5) is 5.69 Å². The van der Waals surface area contributed by atoms with Crippen molar-refractivity contribution in [3.05, 3.63) is 94.0 Å². The van der Waals surface area contributed by atoms with E-state index in [1.54, 1.807) is 25.1 Å². The lowest BCUT2D eigenvalue weighted by Gasteiger charge is -2.33. The van der Waals surface area contributed by atoms with Gasteiger partial charge in [0, 0.05) is 22.6 Å². The predicted molar refractivity (Wildman–Crippen MR) is 157 cm³/mol. The van der Waals surface area contributed by atoms with Crippen molar-refractivity contribution in [2.24, 2.45) is 0 Å². The lowest BCUT2D eigenvalue weighted by atomic mass is 10.1. The molecule has 2 amide bonds. The van der Waals surface area contributed by atoms with Crippen LogP contribution in [0.5, 0.6) is 0 Å². The van der Waals surface area contributed by atoms with Gasteiger partial charge in [-0.05, 0) is 68.7 Å². The quantitative estimate of drug-likeness (QED) is 0.305. The molecular formula is C29H33Cl2N3O4S. The van der Waals surface area contributed by atoms with Crippen LogP contribution in [0.1, 0.15) is 38.3 Å². The third kappa shape index (κ3) is 7.75. The van der Waals surface area contributed by atoms with E-state index in [1.165, 1.54) is 35.2 Å². The molecule has 39 heavy (non-hydrogen) atoms. The molecule has 3 aromatic carbocycles. The van der Waals surface area contributed by atoms with E-state index >= 15 is 0 Å². The number of carbonyl (C=O) groups is 2. The van der Waals surface area contributed by atoms with Gasteiger partial charge in [-0.3, -0.25) is 13.9 Å². The van der Waals surface area contributed by atoms with Crippen LogP contribution >= 0.6 is 23.2 Å². The highest BCUT2D eigenvalue weighted by Crippen LogP contribution is 2.30. The van der Waals surface area contributed by atoms with Crippen molar-refractivity contribution in [1.82, 2.24) is 10.2 Å². The number of anilines is 1. The molecule has 0 heterocycles. The Morgan fingerprint density at radius 2 is 1.51 bits per heavy atom. The van der Waals surface area contributed by atoms with Crippen LogP contribution in [0, 0.1) is 6.92 Å². The van der Waals surface area contributed by atoms with Gasteiger partial charge in [0.1, 0.15) is 12.6 Å². The van der Waals surface area contributed by atoms with Crippen LogP contribution in [0.2, 0.25) is 10.0 Å². The van der Waals surface area contributed by atoms with E-state index in [2.05, 4.69) is 5.32 Å². The Hall–Kier alpha value is -3.07. The molecule has 0 aliphatic carbocycles. The maximum atomic E-state index is 14.0. The number of rotatable bonds is 11. The minimum absolute atomic E-state index is 0.00177. The third-order valence-corrected chi connectivity index (χ3v) is 8.74. The molecule has 0 aliphatic heterocycles. The van der Waals surface area contributed by atoms with Gasteiger partial charge in [-0.15, -0.1) is 0 Å². The Bertz CT molecular complexity index is 1400. The Morgan fingerprint density at radius 3 is 2.10 bits per heavy atom. The zero-order chi connectivity index (χ0) is 28.7. The van der Waals surface area contributed by atoms with E-state index in [0.717, 1.165) is 21.9 Å². The number of hydrogen-bond acceptors (Lipinski definition) is 4. The highest BCUT2D eigenvalue weighted by atomic mass is 35.5. The van der Waals surface area contributed by atoms with Crippen LogP contribution in [0.3, 0.4) is 0 Å². The first-order valence-corrected chi connectivity index (χ1v) is 14.8. The summed E-state index contributed by atoms with van der Waals surface area (Å²) in [7, 11) is -4.20. The highest BCUT2D eigenvalue weighted by Gasteiger charge is 2.33. The molecule has 0 spiro atoms. The van der Waals surface area contributed by atoms with Crippen molar-refractivity contribution in [2.75, 3.05) is 10.8 Å². The molecule has 3 rings (SSSR count). The molecule has 7 nitrogen and oxygen atoms in total. The first-order valence-electron chi connectivity index (χ1n) is 12.6. The van der Waals surface area contributed by atoms with E-state index in [1.807, 2.05) is 45.0 Å². The molecule has 2 atom stereocenters. The number of amides is 2. The number of nitrogens with zero attached hydrogens (tertiary/aromatic N) is 2. The van der Waals surface area contributed by atoms with Crippen molar-refractivity contribution in [3.63, 3.8) is 0 Å². The lowest BCUT2D eigenvalue weighted by Crippen LogP contribution is -2.52. The Balaban J connectivity index is 2.06. The standard InChI is InChI=1S/C29H33Cl2N3O4S/c1-5-21(3)32-29(36)22(4)33(18-23-12-10-9-11-20(23)2)28(35)19-34(26-16-24(30)15-25(31)17-26)39(37,38)27-13-7-6-8-14-27/h6-17,21-22H,5,18-19H2,1-4H3,(H,32,36)/t21-,22-/m0/s1. The topological polar surface area (TPSA) is 86.8 Å². The Labute approximate surface area is 240 Å². The van der Waals surface area contributed by atoms with Crippen LogP contribution in [-0.2, 0) is 26.2 Å². The highest BCUT2D eigenvalue weighted by molar-refractivity contribution is 7.92. The Kier molecular flexibility index (Phi) is 10.4. The zero-order valence-corrected chi connectivity index (χ0v) is 24.7. The number of aryl methyl sites for hydroxylation is 1. The third-order valence-electron chi connectivity index (χ3n) is 6.52. The summed E-state index contributed by atoms with van der Waals surface area (Å²) in [6.45, 7) is 6.95. The van der Waals surface area contributed by atoms with Gasteiger partial charge in [-0.2, -0.15) is 0 Å². The predicted octanol–water partition coefficient (Wildman–Crippen LogP) is 5.83. The number of hydrogen-bond donors (Lipinski definition) is 1. The summed E-state index contributed by atoms with van der Waals surface area (Å²) >= 11 is 12.4. The first-order chi connectivity index (χ1) is 18.4. The number of benzene rings is 3. The monoisotopic (exact) mass is 589 g/mol. The van der Waals surface area contributed by atoms with E-state index in [9.17, 15) is 18.0 Å². The Morgan fingerprint density at radius 1 is 0.923 bits per heavy atom. The minimum atomic E-state index is -4.20. The number of halogens is 2. The smallest absolute Gasteiger partial charge is 0.264 e. The van der Waals surface area contributed by atoms with Gasteiger partial charge in [0.25, 0.3) is 10.0 Å². The maximum Gasteiger partial charge on any atom is 0.264 e. The van der Waals surface area contributed by atoms with Crippen LogP contribution < -0.4 is 9.62 Å². The molecule has 208 valence electrons. The molecule has 0 bridgehead atoms. The normalized spacial score (nSPS) is 12.9. The fourth-order valence-electron chi connectivity index (χ4n) is 3.95. The molecule has 0 aromatic heterocycles. The van der Waals surface area contributed by atoms with E-state index in [-0.39, 0.29) is 39.1 Å². The molecule has 0 fully saturated rings. The van der Waals surface area contributed by atoms with Crippen molar-refractivity contribution >= 4 is 50.7 Å². The summed E-state index contributed by atoms with van der Waals surface area (Å²) in [6, 6.07) is 18.8. The summed E-state index contributed by atoms with van der Waals surface area (Å²) in [4.78, 5) is 28.5. The maximum absolute atomic E-state index is 14.0. The van der Waals surface area contributed by atoms with Crippen LogP contribution in [0.25, 0.3) is 0 Å². The summed E-state index contributed by atoms with van der Waals surface area (Å²) < 4.78 is 28.6. The van der Waals surface area contributed by atoms with Gasteiger partial charge < -0.3 is 10.2 Å². The number of sulfonamides is 1. The lowest BCUT2D eigenvalue weighted by molar-refractivity contribution is -0.139. The van der Waals surface area contributed by atoms with Gasteiger partial charge in [0.2, 0.25) is 11.8 Å². The second-order valence-corrected chi connectivity index (χ2v) is 12.1. The summed E-state index contributed by atoms with van der Waals surface area (Å²) in [5.41, 5.74) is 1.93. The van der Waals surface area contributed by atoms with E-state index < -0.39 is 28.5 Å². The van der Waals surface area contributed by atoms with Crippen molar-refractivity contribution in [3.8, 4) is 0 Å². The second-order valence-electron chi connectivity index (χ2n) is 9.39. The minimum Gasteiger partial charge on any atom is -0.352 e. The molecule has 10 heteroatoms. The average molecular weight is 591 g/mol. The van der Waals surface area contributed by atoms with Gasteiger partial charge in [-0.25, -0.2) is 8.42 Å². The van der Waals surface area contributed by atoms with Crippen LogP contribution in [-0.4, -0.2) is 43.8 Å². The fourth-order valence-corrected chi connectivity index (χ4v) is 5.88. The molecule has 0 saturated carbocycles. The average Bonchev–Trinajstić information content (AvgIpc) is 2.90. The largest absolute Gasteiger partial charge is 0.352 e. The van der Waals surface area contributed by atoms with E-state index in [0.29, 0.717) is 0 Å². The molecule has 0 radical (unpaired) electrons. The number of carbonyl (C=O) groups excluding carboxylic acids is 2. The first kappa shape index (κ1) is 30.5. The molecule has 1 N–H and O–H groups in total.